The lowest BCUT2D eigenvalue weighted by Gasteiger charge is -2.32. The normalized spacial score (nSPS) is 20.7. The molecule has 1 saturated heterocycles. The molecule has 0 unspecified atom stereocenters. The average Bonchev–Trinajstić information content (AvgIpc) is 3.35. The maximum atomic E-state index is 5.33. The third kappa shape index (κ3) is 3.96. The van der Waals surface area contributed by atoms with Crippen molar-refractivity contribution in [3.63, 3.8) is 0 Å². The molecule has 22 heavy (non-hydrogen) atoms. The second-order valence-corrected chi connectivity index (χ2v) is 6.52. The van der Waals surface area contributed by atoms with Gasteiger partial charge in [-0.2, -0.15) is 10.2 Å². The number of likely N-dealkylation sites (tertiary alicyclic amines) is 1. The van der Waals surface area contributed by atoms with E-state index in [2.05, 4.69) is 51.4 Å². The van der Waals surface area contributed by atoms with Crippen molar-refractivity contribution in [2.24, 2.45) is 10.2 Å². The van der Waals surface area contributed by atoms with Gasteiger partial charge in [-0.25, -0.2) is 0 Å². The van der Waals surface area contributed by atoms with Crippen LogP contribution < -0.4 is 0 Å². The molecule has 1 aromatic rings. The lowest BCUT2D eigenvalue weighted by molar-refractivity contribution is 0.205. The molecular formula is C19H25N3. The van der Waals surface area contributed by atoms with Crippen molar-refractivity contribution in [1.82, 2.24) is 4.90 Å². The van der Waals surface area contributed by atoms with E-state index in [9.17, 15) is 0 Å². The van der Waals surface area contributed by atoms with Crippen LogP contribution in [0.25, 0.3) is 0 Å². The minimum Gasteiger partial charge on any atom is -0.303 e. The van der Waals surface area contributed by atoms with Gasteiger partial charge in [0.25, 0.3) is 0 Å². The standard InChI is InChI=1S/C19H25N3/c1-2-3-12-19(20-21-19)13-7-14-22-15-10-18(11-16-22)17-8-5-4-6-9-17/h1,4-6,8-9,18H,3,7,10-16H2. The Labute approximate surface area is 133 Å². The Balaban J connectivity index is 1.35. The molecule has 0 N–H and O–H groups in total. The van der Waals surface area contributed by atoms with Gasteiger partial charge in [0.05, 0.1) is 0 Å². The van der Waals surface area contributed by atoms with Crippen molar-refractivity contribution < 1.29 is 0 Å². The third-order valence-corrected chi connectivity index (χ3v) is 4.96. The van der Waals surface area contributed by atoms with Crippen LogP contribution in [0.1, 0.15) is 50.0 Å². The molecule has 3 heteroatoms. The van der Waals surface area contributed by atoms with E-state index in [-0.39, 0.29) is 5.66 Å². The van der Waals surface area contributed by atoms with Gasteiger partial charge in [-0.15, -0.1) is 12.3 Å². The Morgan fingerprint density at radius 2 is 1.86 bits per heavy atom. The summed E-state index contributed by atoms with van der Waals surface area (Å²) in [4.78, 5) is 2.59. The van der Waals surface area contributed by atoms with E-state index in [0.717, 1.165) is 25.2 Å². The van der Waals surface area contributed by atoms with Crippen LogP contribution in [0.3, 0.4) is 0 Å². The van der Waals surface area contributed by atoms with Crippen molar-refractivity contribution in [2.45, 2.75) is 50.1 Å². The first-order valence-electron chi connectivity index (χ1n) is 8.46. The average molecular weight is 295 g/mol. The SMILES string of the molecule is C#CCCC1(CCCN2CCC(c3ccccc3)CC2)N=N1. The van der Waals surface area contributed by atoms with Crippen molar-refractivity contribution in [3.05, 3.63) is 35.9 Å². The van der Waals surface area contributed by atoms with Crippen LogP contribution in [-0.4, -0.2) is 30.2 Å². The van der Waals surface area contributed by atoms with E-state index >= 15 is 0 Å². The quantitative estimate of drug-likeness (QED) is 0.692. The number of piperidine rings is 1. The second-order valence-electron chi connectivity index (χ2n) is 6.52. The van der Waals surface area contributed by atoms with E-state index in [1.54, 1.807) is 0 Å². The van der Waals surface area contributed by atoms with Crippen LogP contribution in [0.15, 0.2) is 40.6 Å². The molecule has 0 saturated carbocycles. The first kappa shape index (κ1) is 15.2. The topological polar surface area (TPSA) is 28.0 Å². The fraction of sp³-hybridized carbons (Fsp3) is 0.579. The summed E-state index contributed by atoms with van der Waals surface area (Å²) in [5.74, 6) is 3.44. The number of hydrogen-bond donors (Lipinski definition) is 0. The van der Waals surface area contributed by atoms with Crippen LogP contribution in [0.4, 0.5) is 0 Å². The Hall–Kier alpha value is -1.66. The molecule has 2 aliphatic rings. The summed E-state index contributed by atoms with van der Waals surface area (Å²) >= 11 is 0. The van der Waals surface area contributed by atoms with Crippen molar-refractivity contribution in [2.75, 3.05) is 19.6 Å². The fourth-order valence-corrected chi connectivity index (χ4v) is 3.47. The van der Waals surface area contributed by atoms with Gasteiger partial charge in [0.1, 0.15) is 0 Å². The third-order valence-electron chi connectivity index (χ3n) is 4.96. The maximum Gasteiger partial charge on any atom is 0.191 e. The zero-order valence-corrected chi connectivity index (χ0v) is 13.2. The fourth-order valence-electron chi connectivity index (χ4n) is 3.47. The van der Waals surface area contributed by atoms with Crippen LogP contribution in [0.2, 0.25) is 0 Å². The highest BCUT2D eigenvalue weighted by Crippen LogP contribution is 2.37. The molecule has 0 spiro atoms. The van der Waals surface area contributed by atoms with Gasteiger partial charge in [-0.05, 0) is 56.8 Å². The molecule has 3 nitrogen and oxygen atoms in total. The Kier molecular flexibility index (Phi) is 4.90. The maximum absolute atomic E-state index is 5.33. The van der Waals surface area contributed by atoms with E-state index < -0.39 is 0 Å². The molecule has 1 fully saturated rings. The number of nitrogens with zero attached hydrogens (tertiary/aromatic N) is 3. The van der Waals surface area contributed by atoms with Crippen molar-refractivity contribution in [3.8, 4) is 12.3 Å². The molecule has 0 amide bonds. The zero-order valence-electron chi connectivity index (χ0n) is 13.2. The molecule has 2 aliphatic heterocycles. The summed E-state index contributed by atoms with van der Waals surface area (Å²) in [5, 5.41) is 8.43. The summed E-state index contributed by atoms with van der Waals surface area (Å²) in [6.07, 6.45) is 11.8. The highest BCUT2D eigenvalue weighted by molar-refractivity contribution is 5.20. The molecule has 3 rings (SSSR count). The van der Waals surface area contributed by atoms with Gasteiger partial charge in [0, 0.05) is 12.8 Å². The van der Waals surface area contributed by atoms with E-state index in [1.807, 2.05) is 0 Å². The molecule has 0 radical (unpaired) electrons. The monoisotopic (exact) mass is 295 g/mol. The molecule has 116 valence electrons. The molecule has 2 heterocycles. The van der Waals surface area contributed by atoms with Gasteiger partial charge in [-0.1, -0.05) is 30.3 Å². The van der Waals surface area contributed by atoms with Gasteiger partial charge < -0.3 is 4.90 Å². The molecule has 0 atom stereocenters. The number of rotatable bonds is 7. The van der Waals surface area contributed by atoms with Crippen LogP contribution in [0, 0.1) is 12.3 Å². The summed E-state index contributed by atoms with van der Waals surface area (Å²) in [6, 6.07) is 10.9. The summed E-state index contributed by atoms with van der Waals surface area (Å²) < 4.78 is 0. The largest absolute Gasteiger partial charge is 0.303 e. The Morgan fingerprint density at radius 3 is 2.50 bits per heavy atom. The molecule has 0 aromatic heterocycles. The van der Waals surface area contributed by atoms with Gasteiger partial charge >= 0.3 is 0 Å². The van der Waals surface area contributed by atoms with Crippen LogP contribution in [-0.2, 0) is 0 Å². The summed E-state index contributed by atoms with van der Waals surface area (Å²) in [5.41, 5.74) is 1.40. The highest BCUT2D eigenvalue weighted by atomic mass is 15.4. The number of hydrogen-bond acceptors (Lipinski definition) is 3. The summed E-state index contributed by atoms with van der Waals surface area (Å²) in [7, 11) is 0. The lowest BCUT2D eigenvalue weighted by atomic mass is 9.89. The smallest absolute Gasteiger partial charge is 0.191 e. The Bertz CT molecular complexity index is 530. The summed E-state index contributed by atoms with van der Waals surface area (Å²) in [6.45, 7) is 3.60. The van der Waals surface area contributed by atoms with E-state index in [1.165, 1.54) is 44.5 Å². The first-order valence-corrected chi connectivity index (χ1v) is 8.46. The number of terminal acetylenes is 1. The van der Waals surface area contributed by atoms with Gasteiger partial charge in [0.2, 0.25) is 0 Å². The van der Waals surface area contributed by atoms with Gasteiger partial charge in [-0.3, -0.25) is 0 Å². The Morgan fingerprint density at radius 1 is 1.14 bits per heavy atom. The van der Waals surface area contributed by atoms with Crippen LogP contribution in [0.5, 0.6) is 0 Å². The zero-order chi connectivity index (χ0) is 15.3. The van der Waals surface area contributed by atoms with Gasteiger partial charge in [0.15, 0.2) is 5.66 Å². The predicted molar refractivity (Wildman–Crippen MR) is 89.7 cm³/mol. The highest BCUT2D eigenvalue weighted by Gasteiger charge is 2.38. The van der Waals surface area contributed by atoms with Crippen molar-refractivity contribution >= 4 is 0 Å². The van der Waals surface area contributed by atoms with E-state index in [0.29, 0.717) is 0 Å². The second kappa shape index (κ2) is 7.07. The van der Waals surface area contributed by atoms with Crippen LogP contribution >= 0.6 is 0 Å². The van der Waals surface area contributed by atoms with Crippen molar-refractivity contribution in [1.29, 1.82) is 0 Å². The first-order chi connectivity index (χ1) is 10.8. The predicted octanol–water partition coefficient (Wildman–Crippen LogP) is 4.22. The lowest BCUT2D eigenvalue weighted by Crippen LogP contribution is -2.34. The number of benzene rings is 1. The molecule has 1 aromatic carbocycles. The molecular weight excluding hydrogens is 270 g/mol. The van der Waals surface area contributed by atoms with E-state index in [4.69, 9.17) is 6.42 Å². The molecule has 0 aliphatic carbocycles. The molecule has 0 bridgehead atoms. The minimum absolute atomic E-state index is 0.102. The minimum atomic E-state index is -0.102.